The molecule has 3 nitrogen and oxygen atoms in total. The van der Waals surface area contributed by atoms with E-state index >= 15 is 0 Å². The van der Waals surface area contributed by atoms with Crippen LogP contribution in [0.2, 0.25) is 0 Å². The molecule has 1 atom stereocenters. The number of rotatable bonds is 4. The maximum Gasteiger partial charge on any atom is 0.164 e. The minimum Gasteiger partial charge on any atom is -0.496 e. The van der Waals surface area contributed by atoms with E-state index in [1.807, 2.05) is 30.3 Å². The van der Waals surface area contributed by atoms with Crippen molar-refractivity contribution in [2.75, 3.05) is 7.11 Å². The number of carbonyl (C=O) groups is 1. The molecule has 0 bridgehead atoms. The van der Waals surface area contributed by atoms with Crippen LogP contribution in [0.15, 0.2) is 34.8 Å². The third-order valence-corrected chi connectivity index (χ3v) is 5.58. The van der Waals surface area contributed by atoms with Gasteiger partial charge in [0.25, 0.3) is 0 Å². The van der Waals surface area contributed by atoms with Gasteiger partial charge in [-0.05, 0) is 52.2 Å². The lowest BCUT2D eigenvalue weighted by Gasteiger charge is -2.17. The molecule has 1 aliphatic carbocycles. The number of halogens is 2. The Kier molecular flexibility index (Phi) is 5.02. The van der Waals surface area contributed by atoms with Gasteiger partial charge in [-0.25, -0.2) is 0 Å². The second-order valence-corrected chi connectivity index (χ2v) is 8.05. The minimum atomic E-state index is -0.0182. The first-order chi connectivity index (χ1) is 11.4. The predicted octanol–water partition coefficient (Wildman–Crippen LogP) is 6.40. The molecule has 0 heterocycles. The van der Waals surface area contributed by atoms with E-state index in [9.17, 15) is 4.79 Å². The Hall–Kier alpha value is -1.33. The monoisotopic (exact) mass is 452 g/mol. The SMILES string of the molecule is COc1ccc(Oc2c(Br)ccc3c2C(Br)CC3=O)cc1C(C)C. The van der Waals surface area contributed by atoms with Crippen LogP contribution in [-0.2, 0) is 0 Å². The van der Waals surface area contributed by atoms with E-state index in [4.69, 9.17) is 9.47 Å². The van der Waals surface area contributed by atoms with Gasteiger partial charge < -0.3 is 9.47 Å². The molecule has 1 unspecified atom stereocenters. The van der Waals surface area contributed by atoms with Gasteiger partial charge in [-0.2, -0.15) is 0 Å². The van der Waals surface area contributed by atoms with E-state index in [0.29, 0.717) is 18.1 Å². The molecule has 0 radical (unpaired) electrons. The summed E-state index contributed by atoms with van der Waals surface area (Å²) in [5, 5.41) is 0. The number of hydrogen-bond acceptors (Lipinski definition) is 3. The van der Waals surface area contributed by atoms with Crippen molar-refractivity contribution < 1.29 is 14.3 Å². The first kappa shape index (κ1) is 17.5. The maximum absolute atomic E-state index is 12.1. The van der Waals surface area contributed by atoms with Crippen molar-refractivity contribution in [1.29, 1.82) is 0 Å². The second-order valence-electron chi connectivity index (χ2n) is 6.09. The Morgan fingerprint density at radius 2 is 1.96 bits per heavy atom. The highest BCUT2D eigenvalue weighted by molar-refractivity contribution is 9.10. The van der Waals surface area contributed by atoms with E-state index in [0.717, 1.165) is 32.7 Å². The maximum atomic E-state index is 12.1. The largest absolute Gasteiger partial charge is 0.496 e. The highest BCUT2D eigenvalue weighted by atomic mass is 79.9. The lowest BCUT2D eigenvalue weighted by molar-refractivity contribution is 0.0994. The number of hydrogen-bond donors (Lipinski definition) is 0. The summed E-state index contributed by atoms with van der Waals surface area (Å²) in [5.74, 6) is 2.73. The Morgan fingerprint density at radius 3 is 2.62 bits per heavy atom. The summed E-state index contributed by atoms with van der Waals surface area (Å²) < 4.78 is 12.4. The Bertz CT molecular complexity index is 799. The van der Waals surface area contributed by atoms with Crippen molar-refractivity contribution >= 4 is 37.6 Å². The van der Waals surface area contributed by atoms with E-state index < -0.39 is 0 Å². The molecule has 24 heavy (non-hydrogen) atoms. The van der Waals surface area contributed by atoms with Crippen LogP contribution in [0.4, 0.5) is 0 Å². The van der Waals surface area contributed by atoms with Gasteiger partial charge in [0.05, 0.1) is 16.4 Å². The summed E-state index contributed by atoms with van der Waals surface area (Å²) in [5.41, 5.74) is 2.73. The molecule has 0 spiro atoms. The average Bonchev–Trinajstić information content (AvgIpc) is 2.84. The van der Waals surface area contributed by atoms with Gasteiger partial charge in [0.1, 0.15) is 17.2 Å². The van der Waals surface area contributed by atoms with Crippen molar-refractivity contribution in [3.05, 3.63) is 51.5 Å². The summed E-state index contributed by atoms with van der Waals surface area (Å²) in [4.78, 5) is 12.1. The molecule has 0 saturated carbocycles. The first-order valence-electron chi connectivity index (χ1n) is 7.77. The van der Waals surface area contributed by atoms with Crippen molar-refractivity contribution in [3.63, 3.8) is 0 Å². The van der Waals surface area contributed by atoms with Gasteiger partial charge in [-0.1, -0.05) is 29.8 Å². The summed E-state index contributed by atoms with van der Waals surface area (Å²) in [6.07, 6.45) is 0.460. The van der Waals surface area contributed by atoms with Crippen LogP contribution in [0.25, 0.3) is 0 Å². The number of fused-ring (bicyclic) bond motifs is 1. The van der Waals surface area contributed by atoms with Crippen LogP contribution in [0.1, 0.15) is 52.5 Å². The molecular formula is C19H18Br2O3. The highest BCUT2D eigenvalue weighted by Gasteiger charge is 2.32. The fourth-order valence-electron chi connectivity index (χ4n) is 2.95. The van der Waals surface area contributed by atoms with Crippen molar-refractivity contribution in [1.82, 2.24) is 0 Å². The number of methoxy groups -OCH3 is 1. The zero-order valence-electron chi connectivity index (χ0n) is 13.7. The zero-order valence-corrected chi connectivity index (χ0v) is 16.9. The number of alkyl halides is 1. The van der Waals surface area contributed by atoms with Crippen molar-refractivity contribution in [3.8, 4) is 17.2 Å². The van der Waals surface area contributed by atoms with Crippen molar-refractivity contribution in [2.45, 2.75) is 31.0 Å². The van der Waals surface area contributed by atoms with Crippen LogP contribution in [0.5, 0.6) is 17.2 Å². The zero-order chi connectivity index (χ0) is 17.4. The van der Waals surface area contributed by atoms with Crippen LogP contribution < -0.4 is 9.47 Å². The summed E-state index contributed by atoms with van der Waals surface area (Å²) in [7, 11) is 1.67. The molecule has 0 fully saturated rings. The van der Waals surface area contributed by atoms with Crippen molar-refractivity contribution in [2.24, 2.45) is 0 Å². The molecule has 3 rings (SSSR count). The first-order valence-corrected chi connectivity index (χ1v) is 9.48. The fraction of sp³-hybridized carbons (Fsp3) is 0.316. The summed E-state index contributed by atoms with van der Waals surface area (Å²) in [6.45, 7) is 4.23. The number of Topliss-reactive ketones (excluding diaryl/α,β-unsaturated/α-hetero) is 1. The van der Waals surface area contributed by atoms with Gasteiger partial charge in [0.15, 0.2) is 5.78 Å². The molecule has 0 aromatic heterocycles. The van der Waals surface area contributed by atoms with Gasteiger partial charge in [-0.15, -0.1) is 0 Å². The number of ether oxygens (including phenoxy) is 2. The number of ketones is 1. The normalized spacial score (nSPS) is 16.4. The van der Waals surface area contributed by atoms with Crippen LogP contribution in [-0.4, -0.2) is 12.9 Å². The highest BCUT2D eigenvalue weighted by Crippen LogP contribution is 2.47. The summed E-state index contributed by atoms with van der Waals surface area (Å²) >= 11 is 7.14. The molecule has 0 saturated heterocycles. The molecule has 0 N–H and O–H groups in total. The second kappa shape index (κ2) is 6.89. The van der Waals surface area contributed by atoms with Gasteiger partial charge in [-0.3, -0.25) is 4.79 Å². The molecule has 0 amide bonds. The lowest BCUT2D eigenvalue weighted by atomic mass is 10.0. The van der Waals surface area contributed by atoms with Gasteiger partial charge in [0.2, 0.25) is 0 Å². The molecule has 1 aliphatic rings. The standard InChI is InChI=1S/C19H18Br2O3/c1-10(2)13-8-11(4-7-17(13)23-3)24-19-14(20)6-5-12-16(22)9-15(21)18(12)19/h4-8,10,15H,9H2,1-3H3. The van der Waals surface area contributed by atoms with Gasteiger partial charge >= 0.3 is 0 Å². The van der Waals surface area contributed by atoms with E-state index in [-0.39, 0.29) is 10.6 Å². The van der Waals surface area contributed by atoms with E-state index in [2.05, 4.69) is 45.7 Å². The molecular weight excluding hydrogens is 436 g/mol. The Labute approximate surface area is 158 Å². The van der Waals surface area contributed by atoms with Crippen LogP contribution in [0.3, 0.4) is 0 Å². The smallest absolute Gasteiger partial charge is 0.164 e. The minimum absolute atomic E-state index is 0.0182. The third-order valence-electron chi connectivity index (χ3n) is 4.17. The lowest BCUT2D eigenvalue weighted by Crippen LogP contribution is -1.98. The Balaban J connectivity index is 2.04. The molecule has 2 aromatic carbocycles. The Morgan fingerprint density at radius 1 is 1.21 bits per heavy atom. The summed E-state index contributed by atoms with van der Waals surface area (Å²) in [6, 6.07) is 9.51. The number of benzene rings is 2. The molecule has 5 heteroatoms. The average molecular weight is 454 g/mol. The van der Waals surface area contributed by atoms with Crippen LogP contribution >= 0.6 is 31.9 Å². The van der Waals surface area contributed by atoms with E-state index in [1.165, 1.54) is 0 Å². The number of carbonyl (C=O) groups excluding carboxylic acids is 1. The predicted molar refractivity (Wildman–Crippen MR) is 102 cm³/mol. The molecule has 2 aromatic rings. The topological polar surface area (TPSA) is 35.5 Å². The molecule has 0 aliphatic heterocycles. The molecule has 126 valence electrons. The van der Waals surface area contributed by atoms with E-state index in [1.54, 1.807) is 7.11 Å². The van der Waals surface area contributed by atoms with Gasteiger partial charge in [0, 0.05) is 23.1 Å². The quantitative estimate of drug-likeness (QED) is 0.502. The fourth-order valence-corrected chi connectivity index (χ4v) is 4.13. The third kappa shape index (κ3) is 3.11. The van der Waals surface area contributed by atoms with Crippen LogP contribution in [0, 0.1) is 0 Å².